The van der Waals surface area contributed by atoms with Crippen molar-refractivity contribution in [3.05, 3.63) is 81.0 Å². The minimum atomic E-state index is -3.67. The van der Waals surface area contributed by atoms with E-state index < -0.39 is 10.0 Å². The molecule has 3 rings (SSSR count). The van der Waals surface area contributed by atoms with Crippen molar-refractivity contribution in [1.82, 2.24) is 4.72 Å². The van der Waals surface area contributed by atoms with Gasteiger partial charge in [0.25, 0.3) is 0 Å². The molecule has 1 heterocycles. The Hall–Kier alpha value is -2.15. The number of thiophene rings is 1. The van der Waals surface area contributed by atoms with Crippen LogP contribution in [0.15, 0.2) is 58.1 Å². The fraction of sp³-hybridized carbons (Fsp3) is 0.500. The zero-order valence-electron chi connectivity index (χ0n) is 24.2. The molecule has 1 N–H and O–H groups in total. The molecule has 0 fully saturated rings. The SMILES string of the molecule is CC(C)Oc1ccc(C[C@@H](CCNS(=O)(=O)c2c(C(C)C)cc(C(C)C)cc2C(C)C)c2ccsc2)cc1. The monoisotopic (exact) mass is 555 g/mol. The van der Waals surface area contributed by atoms with Crippen LogP contribution >= 0.6 is 11.3 Å². The van der Waals surface area contributed by atoms with Gasteiger partial charge in [0.15, 0.2) is 0 Å². The van der Waals surface area contributed by atoms with Gasteiger partial charge in [-0.3, -0.25) is 0 Å². The standard InChI is InChI=1S/C32H45NO3S2/c1-21(2)28-18-30(22(3)4)32(31(19-28)23(5)6)38(34,35)33-15-13-26(27-14-16-37-20-27)17-25-9-11-29(12-10-25)36-24(7)8/h9-12,14,16,18-24,26,33H,13,15,17H2,1-8H3/t26-/m1/s1. The molecule has 3 aromatic rings. The molecule has 0 saturated carbocycles. The maximum Gasteiger partial charge on any atom is 0.241 e. The topological polar surface area (TPSA) is 55.4 Å². The molecule has 0 spiro atoms. The van der Waals surface area contributed by atoms with Gasteiger partial charge >= 0.3 is 0 Å². The lowest BCUT2D eigenvalue weighted by Crippen LogP contribution is -2.28. The third-order valence-electron chi connectivity index (χ3n) is 6.92. The van der Waals surface area contributed by atoms with Crippen LogP contribution in [0.3, 0.4) is 0 Å². The second kappa shape index (κ2) is 13.3. The molecule has 38 heavy (non-hydrogen) atoms. The molecule has 4 nitrogen and oxygen atoms in total. The Labute approximate surface area is 234 Å². The molecule has 0 radical (unpaired) electrons. The first-order valence-corrected chi connectivity index (χ1v) is 16.3. The van der Waals surface area contributed by atoms with E-state index in [4.69, 9.17) is 4.74 Å². The summed E-state index contributed by atoms with van der Waals surface area (Å²) in [5, 5.41) is 4.26. The van der Waals surface area contributed by atoms with E-state index in [2.05, 4.69) is 87.4 Å². The predicted molar refractivity (Wildman–Crippen MR) is 161 cm³/mol. The summed E-state index contributed by atoms with van der Waals surface area (Å²) in [4.78, 5) is 0.472. The molecule has 0 aliphatic heterocycles. The van der Waals surface area contributed by atoms with Crippen LogP contribution in [0.4, 0.5) is 0 Å². The lowest BCUT2D eigenvalue weighted by Gasteiger charge is -2.23. The Morgan fingerprint density at radius 2 is 1.42 bits per heavy atom. The number of sulfonamides is 1. The molecule has 1 aromatic heterocycles. The average Bonchev–Trinajstić information content (AvgIpc) is 3.38. The van der Waals surface area contributed by atoms with Crippen molar-refractivity contribution in [3.8, 4) is 5.75 Å². The lowest BCUT2D eigenvalue weighted by molar-refractivity contribution is 0.242. The molecule has 2 aromatic carbocycles. The van der Waals surface area contributed by atoms with Crippen molar-refractivity contribution in [2.24, 2.45) is 0 Å². The normalized spacial score (nSPS) is 13.2. The minimum Gasteiger partial charge on any atom is -0.491 e. The van der Waals surface area contributed by atoms with Crippen molar-refractivity contribution >= 4 is 21.4 Å². The van der Waals surface area contributed by atoms with E-state index in [1.54, 1.807) is 11.3 Å². The van der Waals surface area contributed by atoms with Crippen molar-refractivity contribution in [3.63, 3.8) is 0 Å². The molecule has 0 saturated heterocycles. The summed E-state index contributed by atoms with van der Waals surface area (Å²) >= 11 is 1.68. The predicted octanol–water partition coefficient (Wildman–Crippen LogP) is 8.60. The number of hydrogen-bond acceptors (Lipinski definition) is 4. The summed E-state index contributed by atoms with van der Waals surface area (Å²) in [6, 6.07) is 14.6. The molecule has 208 valence electrons. The first kappa shape index (κ1) is 30.4. The van der Waals surface area contributed by atoms with E-state index in [0.29, 0.717) is 17.4 Å². The maximum absolute atomic E-state index is 13.8. The highest BCUT2D eigenvalue weighted by Gasteiger charge is 2.27. The van der Waals surface area contributed by atoms with E-state index in [1.165, 1.54) is 16.7 Å². The van der Waals surface area contributed by atoms with Crippen LogP contribution < -0.4 is 9.46 Å². The van der Waals surface area contributed by atoms with Crippen molar-refractivity contribution < 1.29 is 13.2 Å². The molecule has 1 atom stereocenters. The molecular weight excluding hydrogens is 510 g/mol. The van der Waals surface area contributed by atoms with Crippen LogP contribution in [-0.2, 0) is 16.4 Å². The average molecular weight is 556 g/mol. The van der Waals surface area contributed by atoms with Crippen LogP contribution in [0.1, 0.15) is 113 Å². The number of nitrogens with one attached hydrogen (secondary N) is 1. The zero-order valence-corrected chi connectivity index (χ0v) is 25.9. The summed E-state index contributed by atoms with van der Waals surface area (Å²) in [5.41, 5.74) is 5.48. The van der Waals surface area contributed by atoms with Crippen LogP contribution in [0, 0.1) is 0 Å². The van der Waals surface area contributed by atoms with Crippen LogP contribution in [0.5, 0.6) is 5.75 Å². The number of benzene rings is 2. The van der Waals surface area contributed by atoms with E-state index in [-0.39, 0.29) is 23.9 Å². The second-order valence-corrected chi connectivity index (χ2v) is 13.9. The van der Waals surface area contributed by atoms with Crippen LogP contribution in [0.2, 0.25) is 0 Å². The van der Waals surface area contributed by atoms with Gasteiger partial charge in [-0.05, 0) is 107 Å². The Bertz CT molecular complexity index is 1230. The first-order chi connectivity index (χ1) is 17.9. The molecule has 0 bridgehead atoms. The van der Waals surface area contributed by atoms with E-state index in [0.717, 1.165) is 29.7 Å². The third kappa shape index (κ3) is 7.93. The summed E-state index contributed by atoms with van der Waals surface area (Å²) < 4.78 is 36.4. The van der Waals surface area contributed by atoms with Gasteiger partial charge in [-0.25, -0.2) is 13.1 Å². The Morgan fingerprint density at radius 1 is 0.816 bits per heavy atom. The lowest BCUT2D eigenvalue weighted by atomic mass is 9.89. The highest BCUT2D eigenvalue weighted by Crippen LogP contribution is 2.35. The summed E-state index contributed by atoms with van der Waals surface area (Å²) in [6.07, 6.45) is 1.71. The van der Waals surface area contributed by atoms with E-state index in [1.807, 2.05) is 26.0 Å². The molecule has 6 heteroatoms. The van der Waals surface area contributed by atoms with Crippen molar-refractivity contribution in [2.75, 3.05) is 6.54 Å². The van der Waals surface area contributed by atoms with E-state index >= 15 is 0 Å². The third-order valence-corrected chi connectivity index (χ3v) is 9.22. The summed E-state index contributed by atoms with van der Waals surface area (Å²) in [7, 11) is -3.67. The fourth-order valence-electron chi connectivity index (χ4n) is 4.79. The summed E-state index contributed by atoms with van der Waals surface area (Å²) in [6.45, 7) is 17.1. The highest BCUT2D eigenvalue weighted by atomic mass is 32.2. The molecule has 0 aliphatic carbocycles. The number of rotatable bonds is 13. The van der Waals surface area contributed by atoms with Gasteiger partial charge in [-0.15, -0.1) is 0 Å². The molecular formula is C32H45NO3S2. The van der Waals surface area contributed by atoms with Gasteiger partial charge in [0, 0.05) is 6.54 Å². The van der Waals surface area contributed by atoms with Gasteiger partial charge < -0.3 is 4.74 Å². The first-order valence-electron chi connectivity index (χ1n) is 13.8. The number of ether oxygens (including phenoxy) is 1. The van der Waals surface area contributed by atoms with Gasteiger partial charge in [0.2, 0.25) is 10.0 Å². The van der Waals surface area contributed by atoms with Gasteiger partial charge in [0.05, 0.1) is 11.0 Å². The van der Waals surface area contributed by atoms with Gasteiger partial charge in [-0.1, -0.05) is 65.8 Å². The molecule has 0 amide bonds. The van der Waals surface area contributed by atoms with Crippen LogP contribution in [0.25, 0.3) is 0 Å². The smallest absolute Gasteiger partial charge is 0.241 e. The van der Waals surface area contributed by atoms with Crippen molar-refractivity contribution in [2.45, 2.75) is 103 Å². The fourth-order valence-corrected chi connectivity index (χ4v) is 7.28. The molecule has 0 aliphatic rings. The van der Waals surface area contributed by atoms with E-state index in [9.17, 15) is 8.42 Å². The Kier molecular flexibility index (Phi) is 10.6. The Morgan fingerprint density at radius 3 is 1.89 bits per heavy atom. The second-order valence-electron chi connectivity index (χ2n) is 11.4. The van der Waals surface area contributed by atoms with Gasteiger partial charge in [-0.2, -0.15) is 11.3 Å². The number of hydrogen-bond donors (Lipinski definition) is 1. The van der Waals surface area contributed by atoms with Crippen LogP contribution in [-0.4, -0.2) is 21.1 Å². The maximum atomic E-state index is 13.8. The summed E-state index contributed by atoms with van der Waals surface area (Å²) in [5.74, 6) is 1.65. The Balaban J connectivity index is 1.82. The zero-order chi connectivity index (χ0) is 28.0. The van der Waals surface area contributed by atoms with Crippen molar-refractivity contribution in [1.29, 1.82) is 0 Å². The highest BCUT2D eigenvalue weighted by molar-refractivity contribution is 7.89. The largest absolute Gasteiger partial charge is 0.491 e. The quantitative estimate of drug-likeness (QED) is 0.230. The van der Waals surface area contributed by atoms with Gasteiger partial charge in [0.1, 0.15) is 5.75 Å². The minimum absolute atomic E-state index is 0.110. The molecule has 0 unspecified atom stereocenters.